The standard InChI is InChI=1S/C11H20/c1-5-7-10(3)9-11(4)8-6-2/h7,9H,5-6,8H2,1-4H3/b10-7+,11-9-. The Kier molecular flexibility index (Phi) is 5.91. The van der Waals surface area contributed by atoms with Crippen LogP contribution in [0.4, 0.5) is 0 Å². The van der Waals surface area contributed by atoms with Gasteiger partial charge >= 0.3 is 0 Å². The fourth-order valence-electron chi connectivity index (χ4n) is 1.24. The second-order valence-electron chi connectivity index (χ2n) is 3.10. The van der Waals surface area contributed by atoms with E-state index in [1.165, 1.54) is 24.0 Å². The molecule has 0 saturated carbocycles. The van der Waals surface area contributed by atoms with Gasteiger partial charge in [-0.15, -0.1) is 0 Å². The summed E-state index contributed by atoms with van der Waals surface area (Å²) < 4.78 is 0. The van der Waals surface area contributed by atoms with Gasteiger partial charge in [0.05, 0.1) is 0 Å². The van der Waals surface area contributed by atoms with Crippen LogP contribution >= 0.6 is 0 Å². The van der Waals surface area contributed by atoms with Crippen molar-refractivity contribution in [2.24, 2.45) is 0 Å². The molecule has 0 radical (unpaired) electrons. The van der Waals surface area contributed by atoms with Crippen LogP contribution in [0.5, 0.6) is 0 Å². The average Bonchev–Trinajstić information content (AvgIpc) is 1.87. The number of allylic oxidation sites excluding steroid dienone is 4. The molecule has 0 unspecified atom stereocenters. The Labute approximate surface area is 71.0 Å². The van der Waals surface area contributed by atoms with Crippen LogP contribution in [0.3, 0.4) is 0 Å². The van der Waals surface area contributed by atoms with Gasteiger partial charge in [0.1, 0.15) is 0 Å². The van der Waals surface area contributed by atoms with Gasteiger partial charge in [0, 0.05) is 0 Å². The van der Waals surface area contributed by atoms with E-state index in [1.807, 2.05) is 0 Å². The van der Waals surface area contributed by atoms with Gasteiger partial charge in [-0.05, 0) is 26.7 Å². The lowest BCUT2D eigenvalue weighted by molar-refractivity contribution is 0.903. The number of rotatable bonds is 4. The predicted octanol–water partition coefficient (Wildman–Crippen LogP) is 4.09. The Morgan fingerprint density at radius 3 is 2.27 bits per heavy atom. The molecule has 0 amide bonds. The van der Waals surface area contributed by atoms with E-state index in [2.05, 4.69) is 39.8 Å². The van der Waals surface area contributed by atoms with Crippen LogP contribution in [0.25, 0.3) is 0 Å². The molecular formula is C11H20. The molecule has 0 saturated heterocycles. The highest BCUT2D eigenvalue weighted by atomic mass is 13.9. The Morgan fingerprint density at radius 1 is 1.18 bits per heavy atom. The van der Waals surface area contributed by atoms with Gasteiger partial charge in [-0.25, -0.2) is 0 Å². The largest absolute Gasteiger partial charge is 0.0819 e. The SMILES string of the molecule is CC/C=C(C)/C=C(/C)CCC. The van der Waals surface area contributed by atoms with Crippen LogP contribution in [0, 0.1) is 0 Å². The van der Waals surface area contributed by atoms with Crippen LogP contribution in [-0.2, 0) is 0 Å². The molecule has 11 heavy (non-hydrogen) atoms. The first-order valence-electron chi connectivity index (χ1n) is 4.54. The van der Waals surface area contributed by atoms with E-state index in [0.717, 1.165) is 6.42 Å². The maximum atomic E-state index is 2.28. The van der Waals surface area contributed by atoms with E-state index in [-0.39, 0.29) is 0 Å². The minimum atomic E-state index is 1.14. The summed E-state index contributed by atoms with van der Waals surface area (Å²) in [7, 11) is 0. The van der Waals surface area contributed by atoms with Crippen molar-refractivity contribution in [1.82, 2.24) is 0 Å². The van der Waals surface area contributed by atoms with Gasteiger partial charge in [0.2, 0.25) is 0 Å². The normalized spacial score (nSPS) is 13.8. The lowest BCUT2D eigenvalue weighted by Crippen LogP contribution is -1.76. The summed E-state index contributed by atoms with van der Waals surface area (Å²) in [6.07, 6.45) is 8.17. The van der Waals surface area contributed by atoms with Gasteiger partial charge in [-0.2, -0.15) is 0 Å². The molecule has 64 valence electrons. The van der Waals surface area contributed by atoms with E-state index in [9.17, 15) is 0 Å². The minimum absolute atomic E-state index is 1.14. The van der Waals surface area contributed by atoms with E-state index in [0.29, 0.717) is 0 Å². The van der Waals surface area contributed by atoms with Crippen molar-refractivity contribution in [3.63, 3.8) is 0 Å². The highest BCUT2D eigenvalue weighted by Gasteiger charge is 1.87. The molecule has 0 aromatic heterocycles. The molecule has 0 aliphatic rings. The maximum absolute atomic E-state index is 2.28. The molecule has 0 N–H and O–H groups in total. The third kappa shape index (κ3) is 5.90. The summed E-state index contributed by atoms with van der Waals surface area (Å²) in [5.74, 6) is 0. The molecule has 0 aromatic carbocycles. The molecule has 0 rings (SSSR count). The highest BCUT2D eigenvalue weighted by molar-refractivity contribution is 5.20. The lowest BCUT2D eigenvalue weighted by atomic mass is 10.1. The van der Waals surface area contributed by atoms with Gasteiger partial charge < -0.3 is 0 Å². The molecule has 0 heteroatoms. The van der Waals surface area contributed by atoms with Crippen molar-refractivity contribution in [2.45, 2.75) is 47.0 Å². The highest BCUT2D eigenvalue weighted by Crippen LogP contribution is 2.07. The van der Waals surface area contributed by atoms with Crippen molar-refractivity contribution in [2.75, 3.05) is 0 Å². The summed E-state index contributed by atoms with van der Waals surface area (Å²) in [6, 6.07) is 0. The summed E-state index contributed by atoms with van der Waals surface area (Å²) in [6.45, 7) is 8.77. The minimum Gasteiger partial charge on any atom is -0.0819 e. The van der Waals surface area contributed by atoms with Crippen molar-refractivity contribution in [3.8, 4) is 0 Å². The van der Waals surface area contributed by atoms with Crippen molar-refractivity contribution >= 4 is 0 Å². The second-order valence-corrected chi connectivity index (χ2v) is 3.10. The number of hydrogen-bond acceptors (Lipinski definition) is 0. The first-order chi connectivity index (χ1) is 5.20. The van der Waals surface area contributed by atoms with E-state index in [4.69, 9.17) is 0 Å². The fraction of sp³-hybridized carbons (Fsp3) is 0.636. The second kappa shape index (κ2) is 6.21. The zero-order valence-electron chi connectivity index (χ0n) is 8.28. The smallest absolute Gasteiger partial charge is 0.0322 e. The molecule has 0 spiro atoms. The zero-order valence-corrected chi connectivity index (χ0v) is 8.28. The molecule has 0 atom stereocenters. The van der Waals surface area contributed by atoms with Gasteiger partial charge in [-0.3, -0.25) is 0 Å². The van der Waals surface area contributed by atoms with E-state index < -0.39 is 0 Å². The topological polar surface area (TPSA) is 0 Å². The quantitative estimate of drug-likeness (QED) is 0.532. The first-order valence-corrected chi connectivity index (χ1v) is 4.54. The molecule has 0 heterocycles. The Morgan fingerprint density at radius 2 is 1.82 bits per heavy atom. The van der Waals surface area contributed by atoms with Crippen LogP contribution in [-0.4, -0.2) is 0 Å². The van der Waals surface area contributed by atoms with Gasteiger partial charge in [0.25, 0.3) is 0 Å². The van der Waals surface area contributed by atoms with E-state index in [1.54, 1.807) is 0 Å². The Balaban J connectivity index is 3.96. The predicted molar refractivity (Wildman–Crippen MR) is 52.7 cm³/mol. The average molecular weight is 152 g/mol. The van der Waals surface area contributed by atoms with Crippen LogP contribution in [0.2, 0.25) is 0 Å². The molecule has 0 nitrogen and oxygen atoms in total. The Bertz CT molecular complexity index is 149. The Hall–Kier alpha value is -0.520. The summed E-state index contributed by atoms with van der Waals surface area (Å²) in [4.78, 5) is 0. The first kappa shape index (κ1) is 10.5. The summed E-state index contributed by atoms with van der Waals surface area (Å²) >= 11 is 0. The van der Waals surface area contributed by atoms with Crippen molar-refractivity contribution < 1.29 is 0 Å². The summed E-state index contributed by atoms with van der Waals surface area (Å²) in [5, 5.41) is 0. The van der Waals surface area contributed by atoms with Crippen LogP contribution in [0.15, 0.2) is 23.3 Å². The van der Waals surface area contributed by atoms with Crippen molar-refractivity contribution in [1.29, 1.82) is 0 Å². The third-order valence-corrected chi connectivity index (χ3v) is 1.64. The van der Waals surface area contributed by atoms with Gasteiger partial charge in [0.15, 0.2) is 0 Å². The van der Waals surface area contributed by atoms with Crippen LogP contribution in [0.1, 0.15) is 47.0 Å². The maximum Gasteiger partial charge on any atom is -0.0322 e. The third-order valence-electron chi connectivity index (χ3n) is 1.64. The zero-order chi connectivity index (χ0) is 8.69. The fourth-order valence-corrected chi connectivity index (χ4v) is 1.24. The monoisotopic (exact) mass is 152 g/mol. The molecule has 0 fully saturated rings. The molecule has 0 aromatic rings. The van der Waals surface area contributed by atoms with E-state index >= 15 is 0 Å². The molecular weight excluding hydrogens is 132 g/mol. The number of hydrogen-bond donors (Lipinski definition) is 0. The van der Waals surface area contributed by atoms with Crippen molar-refractivity contribution in [3.05, 3.63) is 23.3 Å². The van der Waals surface area contributed by atoms with Crippen LogP contribution < -0.4 is 0 Å². The lowest BCUT2D eigenvalue weighted by Gasteiger charge is -1.97. The summed E-state index contributed by atoms with van der Waals surface area (Å²) in [5.41, 5.74) is 2.90. The molecule has 0 bridgehead atoms. The molecule has 0 aliphatic carbocycles. The van der Waals surface area contributed by atoms with Gasteiger partial charge in [-0.1, -0.05) is 43.6 Å². The molecule has 0 aliphatic heterocycles.